The maximum absolute atomic E-state index is 12.9. The summed E-state index contributed by atoms with van der Waals surface area (Å²) in [5, 5.41) is 8.47. The summed E-state index contributed by atoms with van der Waals surface area (Å²) in [7, 11) is 0. The summed E-state index contributed by atoms with van der Waals surface area (Å²) in [6.45, 7) is 2.28. The van der Waals surface area contributed by atoms with E-state index in [9.17, 15) is 4.39 Å². The molecule has 0 spiro atoms. The SMILES string of the molecule is CCCCCCCc1ccc(C2CCC(CCC3CCC(C=CC=C(F)C#N)CC3)CC2)cc1. The molecule has 0 heterocycles. The number of aryl methyl sites for hydroxylation is 1. The second-order valence-electron chi connectivity index (χ2n) is 11.0. The molecule has 2 heteroatoms. The van der Waals surface area contributed by atoms with Gasteiger partial charge in [-0.1, -0.05) is 81.9 Å². The standard InChI is InChI=1S/C32H46FN/c1-2-3-4-5-6-8-26-17-21-30(22-18-26)31-23-19-29(20-24-31)16-15-28-13-11-27(12-14-28)9-7-10-32(33)25-34/h7,9-10,17-18,21-22,27-29,31H,2-6,8,11-16,19-20,23-24H2,1H3. The molecule has 1 aromatic rings. The van der Waals surface area contributed by atoms with E-state index in [-0.39, 0.29) is 0 Å². The van der Waals surface area contributed by atoms with Gasteiger partial charge < -0.3 is 0 Å². The van der Waals surface area contributed by atoms with Gasteiger partial charge in [0.15, 0.2) is 5.83 Å². The van der Waals surface area contributed by atoms with Crippen molar-refractivity contribution in [3.05, 3.63) is 59.4 Å². The first kappa shape index (κ1) is 26.7. The smallest absolute Gasteiger partial charge is 0.195 e. The van der Waals surface area contributed by atoms with Gasteiger partial charge in [-0.3, -0.25) is 0 Å². The zero-order valence-corrected chi connectivity index (χ0v) is 21.5. The largest absolute Gasteiger partial charge is 0.199 e. The van der Waals surface area contributed by atoms with Crippen LogP contribution in [0.15, 0.2) is 48.3 Å². The third kappa shape index (κ3) is 9.40. The Morgan fingerprint density at radius 2 is 1.50 bits per heavy atom. The summed E-state index contributed by atoms with van der Waals surface area (Å²) < 4.78 is 12.9. The zero-order chi connectivity index (χ0) is 24.0. The average molecular weight is 464 g/mol. The minimum absolute atomic E-state index is 0.557. The lowest BCUT2D eigenvalue weighted by Crippen LogP contribution is -2.17. The third-order valence-electron chi connectivity index (χ3n) is 8.47. The van der Waals surface area contributed by atoms with E-state index in [1.165, 1.54) is 120 Å². The number of benzene rings is 1. The molecular weight excluding hydrogens is 417 g/mol. The molecule has 3 rings (SSSR count). The van der Waals surface area contributed by atoms with Crippen LogP contribution < -0.4 is 0 Å². The van der Waals surface area contributed by atoms with Crippen molar-refractivity contribution < 1.29 is 4.39 Å². The van der Waals surface area contributed by atoms with Gasteiger partial charge in [-0.05, 0) is 105 Å². The highest BCUT2D eigenvalue weighted by atomic mass is 19.1. The average Bonchev–Trinajstić information content (AvgIpc) is 2.88. The highest BCUT2D eigenvalue weighted by Crippen LogP contribution is 2.40. The molecule has 0 saturated heterocycles. The summed E-state index contributed by atoms with van der Waals surface area (Å²) >= 11 is 0. The van der Waals surface area contributed by atoms with Crippen molar-refractivity contribution in [2.45, 2.75) is 116 Å². The summed E-state index contributed by atoms with van der Waals surface area (Å²) in [5.41, 5.74) is 3.09. The van der Waals surface area contributed by atoms with Crippen molar-refractivity contribution in [3.8, 4) is 6.07 Å². The first-order valence-corrected chi connectivity index (χ1v) is 14.2. The van der Waals surface area contributed by atoms with Crippen LogP contribution in [-0.2, 0) is 6.42 Å². The summed E-state index contributed by atoms with van der Waals surface area (Å²) in [6, 6.07) is 11.2. The van der Waals surface area contributed by atoms with Crippen molar-refractivity contribution in [3.63, 3.8) is 0 Å². The number of nitriles is 1. The second-order valence-corrected chi connectivity index (χ2v) is 11.0. The van der Waals surface area contributed by atoms with Crippen molar-refractivity contribution in [1.29, 1.82) is 5.26 Å². The fourth-order valence-electron chi connectivity index (χ4n) is 6.15. The highest BCUT2D eigenvalue weighted by Gasteiger charge is 2.24. The van der Waals surface area contributed by atoms with Gasteiger partial charge >= 0.3 is 0 Å². The van der Waals surface area contributed by atoms with Crippen molar-refractivity contribution in [2.24, 2.45) is 17.8 Å². The molecule has 2 aliphatic carbocycles. The molecule has 2 fully saturated rings. The van der Waals surface area contributed by atoms with E-state index in [2.05, 4.69) is 37.3 Å². The normalized spacial score (nSPS) is 26.0. The minimum atomic E-state index is -0.704. The van der Waals surface area contributed by atoms with E-state index in [0.29, 0.717) is 5.92 Å². The lowest BCUT2D eigenvalue weighted by atomic mass is 9.74. The Morgan fingerprint density at radius 1 is 0.882 bits per heavy atom. The van der Waals surface area contributed by atoms with Crippen LogP contribution in [-0.4, -0.2) is 0 Å². The lowest BCUT2D eigenvalue weighted by molar-refractivity contribution is 0.246. The van der Waals surface area contributed by atoms with Gasteiger partial charge in [-0.25, -0.2) is 0 Å². The Hall–Kier alpha value is -1.88. The number of allylic oxidation sites excluding steroid dienone is 4. The molecule has 0 unspecified atom stereocenters. The van der Waals surface area contributed by atoms with E-state index in [1.807, 2.05) is 0 Å². The molecule has 0 amide bonds. The highest BCUT2D eigenvalue weighted by molar-refractivity contribution is 5.26. The molecule has 186 valence electrons. The van der Waals surface area contributed by atoms with Crippen molar-refractivity contribution in [1.82, 2.24) is 0 Å². The van der Waals surface area contributed by atoms with Gasteiger partial charge in [0.1, 0.15) is 6.07 Å². The molecule has 0 bridgehead atoms. The van der Waals surface area contributed by atoms with E-state index in [1.54, 1.807) is 11.6 Å². The topological polar surface area (TPSA) is 23.8 Å². The third-order valence-corrected chi connectivity index (χ3v) is 8.47. The molecule has 2 saturated carbocycles. The number of hydrogen-bond acceptors (Lipinski definition) is 1. The van der Waals surface area contributed by atoms with Gasteiger partial charge in [0.05, 0.1) is 0 Å². The van der Waals surface area contributed by atoms with Crippen LogP contribution in [0.5, 0.6) is 0 Å². The van der Waals surface area contributed by atoms with E-state index in [0.717, 1.165) is 17.8 Å². The number of nitrogens with zero attached hydrogens (tertiary/aromatic N) is 1. The van der Waals surface area contributed by atoms with E-state index in [4.69, 9.17) is 5.26 Å². The summed E-state index contributed by atoms with van der Waals surface area (Å²) in [4.78, 5) is 0. The molecule has 2 aliphatic rings. The maximum Gasteiger partial charge on any atom is 0.199 e. The number of unbranched alkanes of at least 4 members (excludes halogenated alkanes) is 4. The van der Waals surface area contributed by atoms with Crippen molar-refractivity contribution in [2.75, 3.05) is 0 Å². The second kappa shape index (κ2) is 15.2. The van der Waals surface area contributed by atoms with Crippen LogP contribution in [0.4, 0.5) is 4.39 Å². The predicted molar refractivity (Wildman–Crippen MR) is 142 cm³/mol. The fourth-order valence-corrected chi connectivity index (χ4v) is 6.15. The quantitative estimate of drug-likeness (QED) is 0.172. The molecule has 1 aromatic carbocycles. The van der Waals surface area contributed by atoms with Gasteiger partial charge in [-0.15, -0.1) is 0 Å². The van der Waals surface area contributed by atoms with Gasteiger partial charge in [-0.2, -0.15) is 9.65 Å². The molecule has 0 N–H and O–H groups in total. The first-order chi connectivity index (χ1) is 16.7. The Morgan fingerprint density at radius 3 is 2.12 bits per heavy atom. The van der Waals surface area contributed by atoms with Gasteiger partial charge in [0.25, 0.3) is 0 Å². The van der Waals surface area contributed by atoms with Crippen LogP contribution in [0.1, 0.15) is 120 Å². The first-order valence-electron chi connectivity index (χ1n) is 14.2. The number of rotatable bonds is 12. The van der Waals surface area contributed by atoms with Gasteiger partial charge in [0.2, 0.25) is 0 Å². The number of hydrogen-bond donors (Lipinski definition) is 0. The molecule has 0 aliphatic heterocycles. The molecule has 0 aromatic heterocycles. The van der Waals surface area contributed by atoms with Crippen LogP contribution >= 0.6 is 0 Å². The summed E-state index contributed by atoms with van der Waals surface area (Å²) in [6.07, 6.45) is 26.5. The Bertz CT molecular complexity index is 783. The molecule has 0 atom stereocenters. The van der Waals surface area contributed by atoms with Gasteiger partial charge in [0, 0.05) is 0 Å². The Balaban J connectivity index is 1.29. The lowest BCUT2D eigenvalue weighted by Gasteiger charge is -2.31. The number of halogens is 1. The molecule has 34 heavy (non-hydrogen) atoms. The van der Waals surface area contributed by atoms with Crippen molar-refractivity contribution >= 4 is 0 Å². The minimum Gasteiger partial charge on any atom is -0.195 e. The van der Waals surface area contributed by atoms with E-state index >= 15 is 0 Å². The maximum atomic E-state index is 12.9. The molecule has 0 radical (unpaired) electrons. The molecular formula is C32H46FN. The zero-order valence-electron chi connectivity index (χ0n) is 21.5. The fraction of sp³-hybridized carbons (Fsp3) is 0.656. The van der Waals surface area contributed by atoms with Crippen LogP contribution in [0.2, 0.25) is 0 Å². The predicted octanol–water partition coefficient (Wildman–Crippen LogP) is 9.99. The van der Waals surface area contributed by atoms with E-state index < -0.39 is 5.83 Å². The summed E-state index contributed by atoms with van der Waals surface area (Å²) in [5.74, 6) is 2.43. The van der Waals surface area contributed by atoms with Crippen LogP contribution in [0.25, 0.3) is 0 Å². The van der Waals surface area contributed by atoms with Crippen LogP contribution in [0, 0.1) is 29.1 Å². The molecule has 1 nitrogen and oxygen atoms in total. The monoisotopic (exact) mass is 463 g/mol. The Kier molecular flexibility index (Phi) is 11.9. The van der Waals surface area contributed by atoms with Crippen LogP contribution in [0.3, 0.4) is 0 Å². The Labute approximate surface area is 208 Å².